The van der Waals surface area contributed by atoms with Crippen molar-refractivity contribution in [1.29, 1.82) is 0 Å². The number of aromatic nitrogens is 5. The second-order valence-electron chi connectivity index (χ2n) is 6.84. The van der Waals surface area contributed by atoms with Crippen molar-refractivity contribution in [3.63, 3.8) is 0 Å². The molecule has 28 heavy (non-hydrogen) atoms. The first-order valence-corrected chi connectivity index (χ1v) is 9.22. The van der Waals surface area contributed by atoms with Crippen molar-refractivity contribution in [3.05, 3.63) is 59.4 Å². The Morgan fingerprint density at radius 2 is 1.86 bits per heavy atom. The number of anilines is 1. The lowest BCUT2D eigenvalue weighted by molar-refractivity contribution is 0.102. The SMILES string of the molecule is CCn1ccc(NC(=O)c2cc(-c3ccc(C)cc3)nc3c2c(C)nn3C)n1. The molecule has 3 aromatic heterocycles. The summed E-state index contributed by atoms with van der Waals surface area (Å²) in [6.07, 6.45) is 1.84. The third-order valence-corrected chi connectivity index (χ3v) is 4.77. The van der Waals surface area contributed by atoms with Crippen LogP contribution < -0.4 is 5.32 Å². The number of fused-ring (bicyclic) bond motifs is 1. The Morgan fingerprint density at radius 3 is 2.54 bits per heavy atom. The summed E-state index contributed by atoms with van der Waals surface area (Å²) in [5, 5.41) is 12.5. The van der Waals surface area contributed by atoms with Crippen LogP contribution in [0.15, 0.2) is 42.6 Å². The molecule has 0 saturated carbocycles. The predicted molar refractivity (Wildman–Crippen MR) is 109 cm³/mol. The summed E-state index contributed by atoms with van der Waals surface area (Å²) in [7, 11) is 1.84. The quantitative estimate of drug-likeness (QED) is 0.590. The van der Waals surface area contributed by atoms with Crippen LogP contribution in [-0.4, -0.2) is 30.5 Å². The fourth-order valence-electron chi connectivity index (χ4n) is 3.28. The normalized spacial score (nSPS) is 11.1. The first kappa shape index (κ1) is 17.9. The van der Waals surface area contributed by atoms with Gasteiger partial charge in [-0.1, -0.05) is 29.8 Å². The van der Waals surface area contributed by atoms with Gasteiger partial charge in [-0.3, -0.25) is 14.2 Å². The smallest absolute Gasteiger partial charge is 0.257 e. The third kappa shape index (κ3) is 3.15. The molecule has 1 N–H and O–H groups in total. The second kappa shape index (κ2) is 6.92. The summed E-state index contributed by atoms with van der Waals surface area (Å²) in [5.74, 6) is 0.299. The fourth-order valence-corrected chi connectivity index (χ4v) is 3.28. The molecule has 3 heterocycles. The number of nitrogens with zero attached hydrogens (tertiary/aromatic N) is 5. The molecule has 4 aromatic rings. The Kier molecular flexibility index (Phi) is 4.43. The molecule has 1 amide bonds. The molecule has 1 aromatic carbocycles. The van der Waals surface area contributed by atoms with Crippen molar-refractivity contribution in [2.75, 3.05) is 5.32 Å². The molecule has 0 unspecified atom stereocenters. The topological polar surface area (TPSA) is 77.6 Å². The molecule has 7 heteroatoms. The van der Waals surface area contributed by atoms with Crippen LogP contribution in [0, 0.1) is 13.8 Å². The minimum absolute atomic E-state index is 0.224. The van der Waals surface area contributed by atoms with E-state index < -0.39 is 0 Å². The number of amides is 1. The Morgan fingerprint density at radius 1 is 1.11 bits per heavy atom. The average molecular weight is 374 g/mol. The van der Waals surface area contributed by atoms with Gasteiger partial charge < -0.3 is 5.32 Å². The van der Waals surface area contributed by atoms with Crippen molar-refractivity contribution >= 4 is 22.8 Å². The molecule has 0 radical (unpaired) electrons. The Hall–Kier alpha value is -3.48. The van der Waals surface area contributed by atoms with E-state index in [0.29, 0.717) is 17.0 Å². The van der Waals surface area contributed by atoms with Crippen molar-refractivity contribution in [3.8, 4) is 11.3 Å². The van der Waals surface area contributed by atoms with Gasteiger partial charge in [0.2, 0.25) is 0 Å². The summed E-state index contributed by atoms with van der Waals surface area (Å²) in [5.41, 5.74) is 4.85. The van der Waals surface area contributed by atoms with Crippen molar-refractivity contribution in [1.82, 2.24) is 24.5 Å². The van der Waals surface area contributed by atoms with Crippen LogP contribution in [0.25, 0.3) is 22.3 Å². The van der Waals surface area contributed by atoms with Gasteiger partial charge in [-0.05, 0) is 26.8 Å². The van der Waals surface area contributed by atoms with Crippen LogP contribution in [0.4, 0.5) is 5.82 Å². The number of carbonyl (C=O) groups is 1. The standard InChI is InChI=1S/C21H22N6O/c1-5-27-11-10-18(25-27)23-21(28)16-12-17(15-8-6-13(2)7-9-15)22-20-19(16)14(3)24-26(20)4/h6-12H,5H2,1-4H3,(H,23,25,28). The maximum absolute atomic E-state index is 13.1. The molecule has 0 spiro atoms. The number of hydrogen-bond donors (Lipinski definition) is 1. The van der Waals surface area contributed by atoms with E-state index in [4.69, 9.17) is 4.98 Å². The van der Waals surface area contributed by atoms with Gasteiger partial charge in [0.1, 0.15) is 0 Å². The number of pyridine rings is 1. The van der Waals surface area contributed by atoms with E-state index in [-0.39, 0.29) is 5.91 Å². The summed E-state index contributed by atoms with van der Waals surface area (Å²) in [4.78, 5) is 17.9. The number of rotatable bonds is 4. The lowest BCUT2D eigenvalue weighted by atomic mass is 10.0. The van der Waals surface area contributed by atoms with Gasteiger partial charge >= 0.3 is 0 Å². The van der Waals surface area contributed by atoms with Gasteiger partial charge in [0.25, 0.3) is 5.91 Å². The number of nitrogens with one attached hydrogen (secondary N) is 1. The predicted octanol–water partition coefficient (Wildman–Crippen LogP) is 3.72. The first-order chi connectivity index (χ1) is 13.5. The Balaban J connectivity index is 1.83. The fraction of sp³-hybridized carbons (Fsp3) is 0.238. The third-order valence-electron chi connectivity index (χ3n) is 4.77. The van der Waals surface area contributed by atoms with Crippen molar-refractivity contribution < 1.29 is 4.79 Å². The zero-order valence-corrected chi connectivity index (χ0v) is 16.4. The molecule has 4 rings (SSSR count). The summed E-state index contributed by atoms with van der Waals surface area (Å²) in [6.45, 7) is 6.67. The van der Waals surface area contributed by atoms with Crippen molar-refractivity contribution in [2.24, 2.45) is 7.05 Å². The second-order valence-corrected chi connectivity index (χ2v) is 6.84. The van der Waals surface area contributed by atoms with E-state index in [1.807, 2.05) is 64.3 Å². The van der Waals surface area contributed by atoms with E-state index >= 15 is 0 Å². The highest BCUT2D eigenvalue weighted by atomic mass is 16.1. The van der Waals surface area contributed by atoms with Crippen LogP contribution in [0.2, 0.25) is 0 Å². The summed E-state index contributed by atoms with van der Waals surface area (Å²) < 4.78 is 3.48. The van der Waals surface area contributed by atoms with Gasteiger partial charge in [-0.2, -0.15) is 10.2 Å². The van der Waals surface area contributed by atoms with Crippen LogP contribution in [-0.2, 0) is 13.6 Å². The zero-order chi connectivity index (χ0) is 19.8. The van der Waals surface area contributed by atoms with E-state index in [0.717, 1.165) is 28.9 Å². The zero-order valence-electron chi connectivity index (χ0n) is 16.4. The lowest BCUT2D eigenvalue weighted by Gasteiger charge is -2.09. The summed E-state index contributed by atoms with van der Waals surface area (Å²) >= 11 is 0. The van der Waals surface area contributed by atoms with Crippen LogP contribution in [0.5, 0.6) is 0 Å². The summed E-state index contributed by atoms with van der Waals surface area (Å²) in [6, 6.07) is 11.7. The molecule has 7 nitrogen and oxygen atoms in total. The molecular weight excluding hydrogens is 352 g/mol. The Bertz CT molecular complexity index is 1170. The van der Waals surface area contributed by atoms with E-state index in [2.05, 4.69) is 15.5 Å². The molecule has 0 atom stereocenters. The molecule has 0 aliphatic carbocycles. The minimum atomic E-state index is -0.224. The van der Waals surface area contributed by atoms with Gasteiger partial charge in [-0.25, -0.2) is 4.98 Å². The minimum Gasteiger partial charge on any atom is -0.305 e. The van der Waals surface area contributed by atoms with Gasteiger partial charge in [0, 0.05) is 31.4 Å². The molecule has 0 aliphatic heterocycles. The maximum Gasteiger partial charge on any atom is 0.257 e. The van der Waals surface area contributed by atoms with Gasteiger partial charge in [-0.15, -0.1) is 0 Å². The molecule has 0 aliphatic rings. The molecule has 0 fully saturated rings. The van der Waals surface area contributed by atoms with E-state index in [9.17, 15) is 4.79 Å². The average Bonchev–Trinajstić information content (AvgIpc) is 3.25. The highest BCUT2D eigenvalue weighted by molar-refractivity contribution is 6.13. The van der Waals surface area contributed by atoms with Crippen LogP contribution in [0.3, 0.4) is 0 Å². The van der Waals surface area contributed by atoms with Crippen molar-refractivity contribution in [2.45, 2.75) is 27.3 Å². The molecule has 0 saturated heterocycles. The highest BCUT2D eigenvalue weighted by Gasteiger charge is 2.20. The van der Waals surface area contributed by atoms with E-state index in [1.165, 1.54) is 5.56 Å². The van der Waals surface area contributed by atoms with Gasteiger partial charge in [0.05, 0.1) is 22.3 Å². The Labute approximate surface area is 163 Å². The molecule has 0 bridgehead atoms. The number of hydrogen-bond acceptors (Lipinski definition) is 4. The van der Waals surface area contributed by atoms with Gasteiger partial charge in [0.15, 0.2) is 11.5 Å². The largest absolute Gasteiger partial charge is 0.305 e. The van der Waals surface area contributed by atoms with E-state index in [1.54, 1.807) is 15.4 Å². The molecule has 142 valence electrons. The monoisotopic (exact) mass is 374 g/mol. The number of carbonyl (C=O) groups excluding carboxylic acids is 1. The van der Waals surface area contributed by atoms with Crippen LogP contribution >= 0.6 is 0 Å². The lowest BCUT2D eigenvalue weighted by Crippen LogP contribution is -2.14. The first-order valence-electron chi connectivity index (χ1n) is 9.22. The number of benzene rings is 1. The van der Waals surface area contributed by atoms with Crippen LogP contribution in [0.1, 0.15) is 28.5 Å². The number of aryl methyl sites for hydroxylation is 4. The highest BCUT2D eigenvalue weighted by Crippen LogP contribution is 2.27. The molecular formula is C21H22N6O. The maximum atomic E-state index is 13.1.